The van der Waals surface area contributed by atoms with Crippen LogP contribution in [0.1, 0.15) is 33.1 Å². The Bertz CT molecular complexity index is 234. The summed E-state index contributed by atoms with van der Waals surface area (Å²) in [6.45, 7) is 4.41. The van der Waals surface area contributed by atoms with E-state index in [1.165, 1.54) is 6.42 Å². The molecule has 2 fully saturated rings. The number of hydrogen-bond acceptors (Lipinski definition) is 1. The fourth-order valence-corrected chi connectivity index (χ4v) is 3.71. The largest absolute Gasteiger partial charge is 0.299 e. The maximum Gasteiger partial charge on any atom is 0.141 e. The molecule has 0 unspecified atom stereocenters. The van der Waals surface area contributed by atoms with E-state index in [0.717, 1.165) is 12.8 Å². The van der Waals surface area contributed by atoms with Gasteiger partial charge in [0.25, 0.3) is 0 Å². The Morgan fingerprint density at radius 1 is 1.58 bits per heavy atom. The van der Waals surface area contributed by atoms with E-state index in [2.05, 4.69) is 13.8 Å². The predicted octanol–water partition coefficient (Wildman–Crippen LogP) is 2.62. The summed E-state index contributed by atoms with van der Waals surface area (Å²) in [5.41, 5.74) is -0.00887. The molecule has 0 heterocycles. The molecule has 2 atom stereocenters. The summed E-state index contributed by atoms with van der Waals surface area (Å²) >= 11 is 5.95. The zero-order valence-corrected chi connectivity index (χ0v) is 8.45. The van der Waals surface area contributed by atoms with Gasteiger partial charge in [-0.1, -0.05) is 13.8 Å². The van der Waals surface area contributed by atoms with Crippen LogP contribution in [-0.2, 0) is 4.79 Å². The van der Waals surface area contributed by atoms with Crippen LogP contribution in [0.25, 0.3) is 0 Å². The van der Waals surface area contributed by atoms with Crippen molar-refractivity contribution in [2.24, 2.45) is 16.7 Å². The average Bonchev–Trinajstić information content (AvgIpc) is 2.36. The Morgan fingerprint density at radius 3 is 2.50 bits per heavy atom. The van der Waals surface area contributed by atoms with Crippen LogP contribution < -0.4 is 0 Å². The summed E-state index contributed by atoms with van der Waals surface area (Å²) in [7, 11) is 0. The van der Waals surface area contributed by atoms with Crippen molar-refractivity contribution in [3.05, 3.63) is 0 Å². The molecular formula is C10H15ClO. The number of carbonyl (C=O) groups is 1. The van der Waals surface area contributed by atoms with Crippen molar-refractivity contribution in [2.75, 3.05) is 5.88 Å². The Labute approximate surface area is 78.5 Å². The Morgan fingerprint density at radius 2 is 2.25 bits per heavy atom. The minimum Gasteiger partial charge on any atom is -0.299 e. The molecule has 0 amide bonds. The van der Waals surface area contributed by atoms with E-state index < -0.39 is 0 Å². The van der Waals surface area contributed by atoms with Crippen molar-refractivity contribution in [1.29, 1.82) is 0 Å². The Kier molecular flexibility index (Phi) is 1.61. The number of ketones is 1. The summed E-state index contributed by atoms with van der Waals surface area (Å²) in [4.78, 5) is 11.7. The van der Waals surface area contributed by atoms with Gasteiger partial charge in [0, 0.05) is 17.7 Å². The maximum absolute atomic E-state index is 11.7. The second-order valence-corrected chi connectivity index (χ2v) is 5.07. The van der Waals surface area contributed by atoms with Crippen LogP contribution in [0.5, 0.6) is 0 Å². The summed E-state index contributed by atoms with van der Waals surface area (Å²) in [5, 5.41) is 0. The van der Waals surface area contributed by atoms with Crippen molar-refractivity contribution in [2.45, 2.75) is 33.1 Å². The quantitative estimate of drug-likeness (QED) is 0.576. The van der Waals surface area contributed by atoms with E-state index in [9.17, 15) is 4.79 Å². The maximum atomic E-state index is 11.7. The van der Waals surface area contributed by atoms with Gasteiger partial charge in [-0.05, 0) is 24.2 Å². The van der Waals surface area contributed by atoms with Crippen LogP contribution in [0, 0.1) is 16.7 Å². The van der Waals surface area contributed by atoms with Crippen LogP contribution >= 0.6 is 11.6 Å². The molecule has 0 spiro atoms. The number of fused-ring (bicyclic) bond motifs is 2. The molecular weight excluding hydrogens is 172 g/mol. The molecule has 2 heteroatoms. The van der Waals surface area contributed by atoms with Crippen molar-refractivity contribution >= 4 is 17.4 Å². The lowest BCUT2D eigenvalue weighted by molar-refractivity contribution is -0.127. The highest BCUT2D eigenvalue weighted by Gasteiger charge is 2.63. The molecule has 2 rings (SSSR count). The van der Waals surface area contributed by atoms with E-state index in [0.29, 0.717) is 17.6 Å². The number of halogens is 1. The third kappa shape index (κ3) is 0.693. The molecule has 0 radical (unpaired) electrons. The van der Waals surface area contributed by atoms with Gasteiger partial charge < -0.3 is 0 Å². The number of carbonyl (C=O) groups excluding carboxylic acids is 1. The fraction of sp³-hybridized carbons (Fsp3) is 0.900. The smallest absolute Gasteiger partial charge is 0.141 e. The van der Waals surface area contributed by atoms with Gasteiger partial charge in [-0.3, -0.25) is 4.79 Å². The Balaban J connectivity index is 2.46. The first kappa shape index (κ1) is 8.55. The van der Waals surface area contributed by atoms with Crippen molar-refractivity contribution < 1.29 is 4.79 Å². The van der Waals surface area contributed by atoms with Gasteiger partial charge in [0.05, 0.1) is 0 Å². The topological polar surface area (TPSA) is 17.1 Å². The van der Waals surface area contributed by atoms with Gasteiger partial charge in [0.1, 0.15) is 5.78 Å². The minimum absolute atomic E-state index is 0.159. The first-order valence-corrected chi connectivity index (χ1v) is 5.17. The van der Waals surface area contributed by atoms with E-state index in [-0.39, 0.29) is 10.8 Å². The number of rotatable bonds is 1. The number of hydrogen-bond donors (Lipinski definition) is 0. The van der Waals surface area contributed by atoms with Crippen molar-refractivity contribution in [3.63, 3.8) is 0 Å². The van der Waals surface area contributed by atoms with E-state index in [1.54, 1.807) is 0 Å². The summed E-state index contributed by atoms with van der Waals surface area (Å²) in [5.74, 6) is 1.54. The summed E-state index contributed by atoms with van der Waals surface area (Å²) in [6.07, 6.45) is 3.00. The normalized spacial score (nSPS) is 43.9. The minimum atomic E-state index is -0.167. The van der Waals surface area contributed by atoms with E-state index in [4.69, 9.17) is 11.6 Å². The molecule has 2 bridgehead atoms. The SMILES string of the molecule is CC1(C)[C@H]2CC[C@]1(CCl)C(=O)C2. The second-order valence-electron chi connectivity index (χ2n) is 4.80. The molecule has 0 aliphatic heterocycles. The van der Waals surface area contributed by atoms with Crippen LogP contribution in [0.3, 0.4) is 0 Å². The lowest BCUT2D eigenvalue weighted by Crippen LogP contribution is -2.37. The van der Waals surface area contributed by atoms with Gasteiger partial charge in [0.15, 0.2) is 0 Å². The highest BCUT2D eigenvalue weighted by molar-refractivity contribution is 6.20. The molecule has 12 heavy (non-hydrogen) atoms. The molecule has 0 aromatic heterocycles. The van der Waals surface area contributed by atoms with Crippen molar-refractivity contribution in [3.8, 4) is 0 Å². The highest BCUT2D eigenvalue weighted by Crippen LogP contribution is 2.64. The summed E-state index contributed by atoms with van der Waals surface area (Å²) < 4.78 is 0. The van der Waals surface area contributed by atoms with Crippen LogP contribution in [0.2, 0.25) is 0 Å². The van der Waals surface area contributed by atoms with Crippen molar-refractivity contribution in [1.82, 2.24) is 0 Å². The van der Waals surface area contributed by atoms with Gasteiger partial charge in [0.2, 0.25) is 0 Å². The molecule has 0 aromatic rings. The fourth-order valence-electron chi connectivity index (χ4n) is 3.08. The van der Waals surface area contributed by atoms with Gasteiger partial charge in [-0.25, -0.2) is 0 Å². The zero-order valence-electron chi connectivity index (χ0n) is 7.69. The molecule has 2 aliphatic carbocycles. The monoisotopic (exact) mass is 186 g/mol. The van der Waals surface area contributed by atoms with Gasteiger partial charge >= 0.3 is 0 Å². The summed E-state index contributed by atoms with van der Waals surface area (Å²) in [6, 6.07) is 0. The zero-order chi connectivity index (χ0) is 8.98. The average molecular weight is 187 g/mol. The van der Waals surface area contributed by atoms with Gasteiger partial charge in [-0.15, -0.1) is 11.6 Å². The van der Waals surface area contributed by atoms with Crippen LogP contribution in [0.4, 0.5) is 0 Å². The first-order chi connectivity index (χ1) is 5.54. The van der Waals surface area contributed by atoms with Gasteiger partial charge in [-0.2, -0.15) is 0 Å². The molecule has 0 N–H and O–H groups in total. The molecule has 0 saturated heterocycles. The predicted molar refractivity (Wildman–Crippen MR) is 49.3 cm³/mol. The number of Topliss-reactive ketones (excluding diaryl/α,β-unsaturated/α-hetero) is 1. The Hall–Kier alpha value is -0.0400. The molecule has 0 aromatic carbocycles. The lowest BCUT2D eigenvalue weighted by Gasteiger charge is -2.34. The molecule has 68 valence electrons. The van der Waals surface area contributed by atoms with Crippen LogP contribution in [-0.4, -0.2) is 11.7 Å². The second kappa shape index (κ2) is 2.25. The van der Waals surface area contributed by atoms with E-state index in [1.807, 2.05) is 0 Å². The lowest BCUT2D eigenvalue weighted by atomic mass is 9.70. The highest BCUT2D eigenvalue weighted by atomic mass is 35.5. The third-order valence-electron chi connectivity index (χ3n) is 4.37. The first-order valence-electron chi connectivity index (χ1n) is 4.64. The third-order valence-corrected chi connectivity index (χ3v) is 4.82. The standard InChI is InChI=1S/C10H15ClO/c1-9(2)7-3-4-10(9,6-11)8(12)5-7/h7H,3-6H2,1-2H3/t7-,10-/m0/s1. The van der Waals surface area contributed by atoms with Crippen LogP contribution in [0.15, 0.2) is 0 Å². The molecule has 2 aliphatic rings. The number of alkyl halides is 1. The molecule has 2 saturated carbocycles. The molecule has 1 nitrogen and oxygen atoms in total. The van der Waals surface area contributed by atoms with E-state index >= 15 is 0 Å².